The van der Waals surface area contributed by atoms with Crippen molar-refractivity contribution in [1.82, 2.24) is 9.80 Å². The van der Waals surface area contributed by atoms with E-state index >= 15 is 0 Å². The Balaban J connectivity index is 0.933. The van der Waals surface area contributed by atoms with E-state index in [0.29, 0.717) is 78.2 Å². The molecule has 49 heavy (non-hydrogen) atoms. The third-order valence-electron chi connectivity index (χ3n) is 9.70. The van der Waals surface area contributed by atoms with Crippen LogP contribution in [0.3, 0.4) is 0 Å². The van der Waals surface area contributed by atoms with Gasteiger partial charge in [-0.3, -0.25) is 19.6 Å². The van der Waals surface area contributed by atoms with E-state index in [9.17, 15) is 9.59 Å². The predicted molar refractivity (Wildman–Crippen MR) is 186 cm³/mol. The Morgan fingerprint density at radius 3 is 1.47 bits per heavy atom. The topological polar surface area (TPSA) is 102 Å². The lowest BCUT2D eigenvalue weighted by Crippen LogP contribution is -2.44. The van der Waals surface area contributed by atoms with Crippen molar-refractivity contribution < 1.29 is 28.5 Å². The van der Waals surface area contributed by atoms with Gasteiger partial charge in [-0.15, -0.1) is 0 Å². The highest BCUT2D eigenvalue weighted by Gasteiger charge is 2.34. The average Bonchev–Trinajstić information content (AvgIpc) is 3.35. The number of rotatable bonds is 8. The molecule has 4 aliphatic rings. The Labute approximate surface area is 284 Å². The Morgan fingerprint density at radius 1 is 0.612 bits per heavy atom. The third-order valence-corrected chi connectivity index (χ3v) is 9.70. The van der Waals surface area contributed by atoms with Crippen LogP contribution in [0.4, 0.5) is 11.4 Å². The van der Waals surface area contributed by atoms with Crippen molar-refractivity contribution >= 4 is 35.6 Å². The molecule has 10 nitrogen and oxygen atoms in total. The molecule has 4 heterocycles. The van der Waals surface area contributed by atoms with Crippen LogP contribution in [0, 0.1) is 0 Å². The van der Waals surface area contributed by atoms with Gasteiger partial charge in [0.15, 0.2) is 23.0 Å². The smallest absolute Gasteiger partial charge is 0.257 e. The zero-order valence-corrected chi connectivity index (χ0v) is 27.4. The fraction of sp³-hybridized carbons (Fsp3) is 0.282. The zero-order chi connectivity index (χ0) is 33.5. The number of carbonyl (C=O) groups is 2. The monoisotopic (exact) mass is 656 g/mol. The van der Waals surface area contributed by atoms with Crippen LogP contribution in [0.15, 0.2) is 82.8 Å². The Hall–Kier alpha value is -5.64. The van der Waals surface area contributed by atoms with Crippen LogP contribution in [0.5, 0.6) is 23.0 Å². The van der Waals surface area contributed by atoms with E-state index in [2.05, 4.69) is 24.3 Å². The van der Waals surface area contributed by atoms with Gasteiger partial charge in [0.1, 0.15) is 0 Å². The van der Waals surface area contributed by atoms with Gasteiger partial charge in [-0.1, -0.05) is 48.5 Å². The van der Waals surface area contributed by atoms with Gasteiger partial charge in [0, 0.05) is 44.1 Å². The number of hydrogen-bond donors (Lipinski definition) is 0. The molecule has 0 fully saturated rings. The number of carbonyl (C=O) groups excluding carboxylic acids is 2. The van der Waals surface area contributed by atoms with E-state index in [-0.39, 0.29) is 23.9 Å². The first kappa shape index (κ1) is 30.7. The highest BCUT2D eigenvalue weighted by Crippen LogP contribution is 2.40. The van der Waals surface area contributed by atoms with Crippen LogP contribution >= 0.6 is 0 Å². The summed E-state index contributed by atoms with van der Waals surface area (Å²) in [4.78, 5) is 40.5. The molecule has 0 N–H and O–H groups in total. The summed E-state index contributed by atoms with van der Waals surface area (Å²) in [6.45, 7) is 1.74. The number of aliphatic imine (C=N–C) groups is 2. The van der Waals surface area contributed by atoms with Gasteiger partial charge in [-0.05, 0) is 47.2 Å². The molecule has 248 valence electrons. The van der Waals surface area contributed by atoms with Crippen LogP contribution in [-0.2, 0) is 25.9 Å². The first-order chi connectivity index (χ1) is 24.0. The van der Waals surface area contributed by atoms with Gasteiger partial charge in [0.25, 0.3) is 11.8 Å². The number of benzene rings is 4. The lowest BCUT2D eigenvalue weighted by atomic mass is 9.94. The molecule has 0 saturated heterocycles. The van der Waals surface area contributed by atoms with Crippen molar-refractivity contribution in [3.63, 3.8) is 0 Å². The molecule has 0 aromatic heterocycles. The molecular formula is C39H36N4O6. The predicted octanol–water partition coefficient (Wildman–Crippen LogP) is 6.12. The van der Waals surface area contributed by atoms with Crippen LogP contribution in [0.25, 0.3) is 0 Å². The SMILES string of the molecule is COc1cc2c(cc1OCCCOc1cc3c(cc1OC)C(=O)N1Cc4ccccc4C[C@@H]1C=N3)N=C[C@H]1Cc3ccccc3CN1C2=O. The van der Waals surface area contributed by atoms with Gasteiger partial charge in [0.2, 0.25) is 0 Å². The number of amides is 2. The number of hydrogen-bond acceptors (Lipinski definition) is 8. The van der Waals surface area contributed by atoms with Crippen LogP contribution in [0.2, 0.25) is 0 Å². The van der Waals surface area contributed by atoms with E-state index in [1.165, 1.54) is 11.1 Å². The second kappa shape index (κ2) is 12.8. The maximum atomic E-state index is 13.7. The van der Waals surface area contributed by atoms with Crippen LogP contribution in [0.1, 0.15) is 49.4 Å². The summed E-state index contributed by atoms with van der Waals surface area (Å²) in [7, 11) is 3.12. The quantitative estimate of drug-likeness (QED) is 0.212. The van der Waals surface area contributed by atoms with E-state index < -0.39 is 0 Å². The van der Waals surface area contributed by atoms with E-state index in [1.807, 2.05) is 46.5 Å². The molecule has 8 rings (SSSR count). The van der Waals surface area contributed by atoms with Gasteiger partial charge in [0.05, 0.1) is 62.0 Å². The van der Waals surface area contributed by atoms with Crippen LogP contribution < -0.4 is 18.9 Å². The summed E-state index contributed by atoms with van der Waals surface area (Å²) in [6.07, 6.45) is 5.73. The van der Waals surface area contributed by atoms with E-state index in [1.54, 1.807) is 38.5 Å². The number of fused-ring (bicyclic) bond motifs is 6. The van der Waals surface area contributed by atoms with Gasteiger partial charge in [-0.25, -0.2) is 0 Å². The van der Waals surface area contributed by atoms with E-state index in [0.717, 1.165) is 24.0 Å². The average molecular weight is 657 g/mol. The molecule has 4 aromatic carbocycles. The van der Waals surface area contributed by atoms with Crippen molar-refractivity contribution in [2.75, 3.05) is 27.4 Å². The molecule has 0 bridgehead atoms. The molecule has 10 heteroatoms. The summed E-state index contributed by atoms with van der Waals surface area (Å²) in [5, 5.41) is 0. The number of methoxy groups -OCH3 is 2. The van der Waals surface area contributed by atoms with Crippen LogP contribution in [-0.4, -0.2) is 73.6 Å². The third kappa shape index (κ3) is 5.67. The largest absolute Gasteiger partial charge is 0.493 e. The highest BCUT2D eigenvalue weighted by atomic mass is 16.5. The second-order valence-electron chi connectivity index (χ2n) is 12.6. The van der Waals surface area contributed by atoms with Gasteiger partial charge in [-0.2, -0.15) is 0 Å². The molecular weight excluding hydrogens is 620 g/mol. The van der Waals surface area contributed by atoms with Gasteiger partial charge >= 0.3 is 0 Å². The molecule has 0 radical (unpaired) electrons. The fourth-order valence-corrected chi connectivity index (χ4v) is 7.07. The minimum Gasteiger partial charge on any atom is -0.493 e. The summed E-state index contributed by atoms with van der Waals surface area (Å²) >= 11 is 0. The Bertz CT molecular complexity index is 1880. The van der Waals surface area contributed by atoms with E-state index in [4.69, 9.17) is 28.9 Å². The maximum absolute atomic E-state index is 13.7. The summed E-state index contributed by atoms with van der Waals surface area (Å²) in [5.74, 6) is 1.79. The van der Waals surface area contributed by atoms with Crippen molar-refractivity contribution in [3.05, 3.63) is 106 Å². The zero-order valence-electron chi connectivity index (χ0n) is 27.4. The molecule has 0 aliphatic carbocycles. The minimum atomic E-state index is -0.116. The highest BCUT2D eigenvalue weighted by molar-refractivity contribution is 6.04. The summed E-state index contributed by atoms with van der Waals surface area (Å²) < 4.78 is 23.5. The molecule has 0 spiro atoms. The molecule has 4 aliphatic heterocycles. The molecule has 0 saturated carbocycles. The Morgan fingerprint density at radius 2 is 1.04 bits per heavy atom. The first-order valence-electron chi connectivity index (χ1n) is 16.5. The lowest BCUT2D eigenvalue weighted by Gasteiger charge is -2.34. The lowest BCUT2D eigenvalue weighted by molar-refractivity contribution is 0.0696. The van der Waals surface area contributed by atoms with Crippen molar-refractivity contribution in [3.8, 4) is 23.0 Å². The Kier molecular flexibility index (Phi) is 7.99. The molecule has 2 atom stereocenters. The summed E-state index contributed by atoms with van der Waals surface area (Å²) in [6, 6.07) is 23.2. The van der Waals surface area contributed by atoms with Crippen molar-refractivity contribution in [1.29, 1.82) is 0 Å². The second-order valence-corrected chi connectivity index (χ2v) is 12.6. The standard InChI is InChI=1S/C39H36N4O6/c1-46-34-16-30-32(40-20-28-14-24-8-3-5-10-26(24)22-42(28)38(30)44)18-36(34)48-12-7-13-49-37-19-33-31(17-35(37)47-2)39(45)43-23-27-11-6-4-9-25(27)15-29(43)21-41-33/h3-6,8-11,16-21,28-29H,7,12-15,22-23H2,1-2H3/t28-,29-/m1/s1. The maximum Gasteiger partial charge on any atom is 0.257 e. The molecule has 4 aromatic rings. The number of ether oxygens (including phenoxy) is 4. The fourth-order valence-electron chi connectivity index (χ4n) is 7.07. The first-order valence-corrected chi connectivity index (χ1v) is 16.5. The molecule has 0 unspecified atom stereocenters. The minimum absolute atomic E-state index is 0.0768. The van der Waals surface area contributed by atoms with Crippen molar-refractivity contribution in [2.45, 2.75) is 44.4 Å². The van der Waals surface area contributed by atoms with Crippen molar-refractivity contribution in [2.24, 2.45) is 9.98 Å². The van der Waals surface area contributed by atoms with Gasteiger partial charge < -0.3 is 28.7 Å². The molecule has 2 amide bonds. The normalized spacial score (nSPS) is 18.6. The number of nitrogens with zero attached hydrogens (tertiary/aromatic N) is 4. The summed E-state index contributed by atoms with van der Waals surface area (Å²) in [5.41, 5.74) is 6.88.